The van der Waals surface area contributed by atoms with Crippen LogP contribution < -0.4 is 0 Å². The van der Waals surface area contributed by atoms with Crippen molar-refractivity contribution in [1.82, 2.24) is 0 Å². The molecule has 2 aromatic carbocycles. The fourth-order valence-electron chi connectivity index (χ4n) is 1.81. The minimum atomic E-state index is -3.99. The summed E-state index contributed by atoms with van der Waals surface area (Å²) in [6.45, 7) is 1.86. The molecule has 0 bridgehead atoms. The lowest BCUT2D eigenvalue weighted by Gasteiger charge is -2.06. The van der Waals surface area contributed by atoms with Crippen molar-refractivity contribution in [3.05, 3.63) is 54.8 Å². The van der Waals surface area contributed by atoms with Crippen LogP contribution in [0, 0.1) is 0 Å². The number of carbonyl (C=O) groups is 1. The quantitative estimate of drug-likeness (QED) is 0.367. The third-order valence-electron chi connectivity index (χ3n) is 2.69. The molecule has 0 unspecified atom stereocenters. The van der Waals surface area contributed by atoms with Gasteiger partial charge in [0.15, 0.2) is 0 Å². The van der Waals surface area contributed by atoms with Crippen LogP contribution in [0.25, 0.3) is 10.8 Å². The second-order valence-electron chi connectivity index (χ2n) is 4.08. The number of esters is 1. The molecular weight excluding hydrogens is 292 g/mol. The predicted molar refractivity (Wildman–Crippen MR) is 78.0 cm³/mol. The zero-order chi connectivity index (χ0) is 15.3. The van der Waals surface area contributed by atoms with Crippen LogP contribution in [0.15, 0.2) is 59.7 Å². The highest BCUT2D eigenvalue weighted by atomic mass is 32.2. The van der Waals surface area contributed by atoms with E-state index in [0.29, 0.717) is 5.39 Å². The third kappa shape index (κ3) is 3.61. The number of carbonyl (C=O) groups excluding carboxylic acids is 1. The number of hydrogen-bond acceptors (Lipinski definition) is 5. The molecule has 110 valence electrons. The van der Waals surface area contributed by atoms with E-state index in [1.54, 1.807) is 25.1 Å². The Balaban J connectivity index is 2.28. The standard InChI is InChI=1S/C15H14O5S/c1-2-19-15(16)10-11-20-21(17,18)14-9-5-7-12-6-3-4-8-13(12)14/h3-11H,2H2,1H3/b11-10-. The molecule has 0 aliphatic heterocycles. The van der Waals surface area contributed by atoms with E-state index in [2.05, 4.69) is 4.74 Å². The van der Waals surface area contributed by atoms with Gasteiger partial charge in [0.05, 0.1) is 12.7 Å². The first-order valence-corrected chi connectivity index (χ1v) is 7.70. The Morgan fingerprint density at radius 1 is 1.14 bits per heavy atom. The highest BCUT2D eigenvalue weighted by Gasteiger charge is 2.17. The molecule has 0 atom stereocenters. The van der Waals surface area contributed by atoms with Crippen LogP contribution >= 0.6 is 0 Å². The van der Waals surface area contributed by atoms with Gasteiger partial charge in [-0.25, -0.2) is 4.79 Å². The molecule has 0 aromatic heterocycles. The fourth-order valence-corrected chi connectivity index (χ4v) is 2.82. The molecule has 2 rings (SSSR count). The maximum absolute atomic E-state index is 12.2. The number of ether oxygens (including phenoxy) is 1. The van der Waals surface area contributed by atoms with Gasteiger partial charge in [-0.15, -0.1) is 0 Å². The van der Waals surface area contributed by atoms with Gasteiger partial charge >= 0.3 is 16.1 Å². The summed E-state index contributed by atoms with van der Waals surface area (Å²) < 4.78 is 33.7. The van der Waals surface area contributed by atoms with Gasteiger partial charge in [0.2, 0.25) is 0 Å². The molecule has 6 heteroatoms. The Hall–Kier alpha value is -2.34. The fraction of sp³-hybridized carbons (Fsp3) is 0.133. The molecule has 0 radical (unpaired) electrons. The molecule has 0 N–H and O–H groups in total. The van der Waals surface area contributed by atoms with E-state index >= 15 is 0 Å². The first kappa shape index (κ1) is 15.1. The topological polar surface area (TPSA) is 69.7 Å². The van der Waals surface area contributed by atoms with E-state index in [9.17, 15) is 13.2 Å². The van der Waals surface area contributed by atoms with Gasteiger partial charge in [-0.05, 0) is 18.4 Å². The Labute approximate surface area is 122 Å². The molecule has 0 amide bonds. The van der Waals surface area contributed by atoms with Gasteiger partial charge in [-0.1, -0.05) is 36.4 Å². The summed E-state index contributed by atoms with van der Waals surface area (Å²) in [7, 11) is -3.99. The summed E-state index contributed by atoms with van der Waals surface area (Å²) in [5, 5.41) is 1.35. The number of rotatable bonds is 5. The van der Waals surface area contributed by atoms with Crippen LogP contribution in [-0.2, 0) is 23.8 Å². The first-order valence-electron chi connectivity index (χ1n) is 6.29. The first-order chi connectivity index (χ1) is 10.0. The lowest BCUT2D eigenvalue weighted by Crippen LogP contribution is -2.04. The maximum atomic E-state index is 12.2. The normalized spacial score (nSPS) is 11.7. The van der Waals surface area contributed by atoms with Crippen molar-refractivity contribution in [2.24, 2.45) is 0 Å². The summed E-state index contributed by atoms with van der Waals surface area (Å²) in [6, 6.07) is 12.0. The monoisotopic (exact) mass is 306 g/mol. The van der Waals surface area contributed by atoms with Gasteiger partial charge in [0.25, 0.3) is 0 Å². The molecule has 0 saturated heterocycles. The minimum Gasteiger partial charge on any atom is -0.463 e. The average Bonchev–Trinajstić information content (AvgIpc) is 2.46. The minimum absolute atomic E-state index is 0.0501. The van der Waals surface area contributed by atoms with Crippen LogP contribution in [0.5, 0.6) is 0 Å². The van der Waals surface area contributed by atoms with Crippen molar-refractivity contribution in [2.75, 3.05) is 6.61 Å². The number of benzene rings is 2. The molecule has 21 heavy (non-hydrogen) atoms. The molecule has 0 aliphatic rings. The van der Waals surface area contributed by atoms with Gasteiger partial charge in [-0.3, -0.25) is 0 Å². The summed E-state index contributed by atoms with van der Waals surface area (Å²) in [5.74, 6) is -0.661. The molecule has 0 fully saturated rings. The lowest BCUT2D eigenvalue weighted by atomic mass is 10.1. The van der Waals surface area contributed by atoms with Crippen LogP contribution in [0.3, 0.4) is 0 Å². The largest absolute Gasteiger partial charge is 0.463 e. The highest BCUT2D eigenvalue weighted by molar-refractivity contribution is 7.87. The molecule has 0 aliphatic carbocycles. The SMILES string of the molecule is CCOC(=O)/C=C\OS(=O)(=O)c1cccc2ccccc12. The van der Waals surface area contributed by atoms with E-state index in [1.807, 2.05) is 18.2 Å². The van der Waals surface area contributed by atoms with Crippen molar-refractivity contribution < 1.29 is 22.1 Å². The Morgan fingerprint density at radius 2 is 1.86 bits per heavy atom. The van der Waals surface area contributed by atoms with Crippen LogP contribution in [0.1, 0.15) is 6.92 Å². The van der Waals surface area contributed by atoms with E-state index in [4.69, 9.17) is 4.18 Å². The van der Waals surface area contributed by atoms with Gasteiger partial charge in [0.1, 0.15) is 11.2 Å². The van der Waals surface area contributed by atoms with Crippen LogP contribution in [0.2, 0.25) is 0 Å². The third-order valence-corrected chi connectivity index (χ3v) is 3.95. The molecule has 2 aromatic rings. The predicted octanol–water partition coefficient (Wildman–Crippen LogP) is 2.62. The van der Waals surface area contributed by atoms with Gasteiger partial charge in [0, 0.05) is 5.39 Å². The molecular formula is C15H14O5S. The highest BCUT2D eigenvalue weighted by Crippen LogP contribution is 2.24. The van der Waals surface area contributed by atoms with Crippen LogP contribution in [0.4, 0.5) is 0 Å². The van der Waals surface area contributed by atoms with E-state index < -0.39 is 16.1 Å². The molecule has 0 heterocycles. The molecule has 5 nitrogen and oxygen atoms in total. The summed E-state index contributed by atoms with van der Waals surface area (Å²) in [5.41, 5.74) is 0. The molecule has 0 spiro atoms. The van der Waals surface area contributed by atoms with Gasteiger partial charge < -0.3 is 8.92 Å². The zero-order valence-electron chi connectivity index (χ0n) is 11.4. The summed E-state index contributed by atoms with van der Waals surface area (Å²) >= 11 is 0. The van der Waals surface area contributed by atoms with Crippen molar-refractivity contribution in [2.45, 2.75) is 11.8 Å². The van der Waals surface area contributed by atoms with E-state index in [1.165, 1.54) is 6.07 Å². The summed E-state index contributed by atoms with van der Waals surface area (Å²) in [4.78, 5) is 11.1. The van der Waals surface area contributed by atoms with E-state index in [-0.39, 0.29) is 11.5 Å². The second kappa shape index (κ2) is 6.41. The van der Waals surface area contributed by atoms with Crippen molar-refractivity contribution >= 4 is 26.9 Å². The summed E-state index contributed by atoms with van der Waals surface area (Å²) in [6.07, 6.45) is 1.74. The lowest BCUT2D eigenvalue weighted by molar-refractivity contribution is -0.137. The maximum Gasteiger partial charge on any atom is 0.339 e. The smallest absolute Gasteiger partial charge is 0.339 e. The average molecular weight is 306 g/mol. The van der Waals surface area contributed by atoms with Crippen molar-refractivity contribution in [1.29, 1.82) is 0 Å². The van der Waals surface area contributed by atoms with Crippen molar-refractivity contribution in [3.63, 3.8) is 0 Å². The second-order valence-corrected chi connectivity index (χ2v) is 5.62. The Bertz CT molecular complexity index is 772. The van der Waals surface area contributed by atoms with E-state index in [0.717, 1.165) is 17.7 Å². The number of fused-ring (bicyclic) bond motifs is 1. The Morgan fingerprint density at radius 3 is 2.62 bits per heavy atom. The van der Waals surface area contributed by atoms with Gasteiger partial charge in [-0.2, -0.15) is 8.42 Å². The van der Waals surface area contributed by atoms with Crippen molar-refractivity contribution in [3.8, 4) is 0 Å². The zero-order valence-corrected chi connectivity index (χ0v) is 12.2. The number of hydrogen-bond donors (Lipinski definition) is 0. The van der Waals surface area contributed by atoms with Crippen LogP contribution in [-0.4, -0.2) is 21.0 Å². The Kier molecular flexibility index (Phi) is 4.59. The molecule has 0 saturated carbocycles.